The van der Waals surface area contributed by atoms with Gasteiger partial charge in [0.15, 0.2) is 0 Å². The Labute approximate surface area is 140 Å². The van der Waals surface area contributed by atoms with Crippen molar-refractivity contribution >= 4 is 23.4 Å². The molecule has 0 spiro atoms. The number of aryl methyl sites for hydroxylation is 2. The molecule has 0 bridgehead atoms. The summed E-state index contributed by atoms with van der Waals surface area (Å²) in [6.07, 6.45) is 0.901. The van der Waals surface area contributed by atoms with Crippen LogP contribution in [0.2, 0.25) is 0 Å². The molecule has 1 aliphatic rings. The van der Waals surface area contributed by atoms with Gasteiger partial charge in [-0.15, -0.1) is 0 Å². The number of rotatable bonds is 3. The number of amides is 1. The van der Waals surface area contributed by atoms with E-state index < -0.39 is 0 Å². The first-order chi connectivity index (χ1) is 11.1. The van der Waals surface area contributed by atoms with Crippen LogP contribution in [0.25, 0.3) is 0 Å². The molecule has 2 aromatic rings. The Hall–Kier alpha value is -2.32. The van der Waals surface area contributed by atoms with E-state index >= 15 is 0 Å². The highest BCUT2D eigenvalue weighted by Crippen LogP contribution is 2.29. The fourth-order valence-corrected chi connectivity index (χ4v) is 3.82. The van der Waals surface area contributed by atoms with Gasteiger partial charge in [0.2, 0.25) is 5.91 Å². The normalized spacial score (nSPS) is 12.8. The summed E-state index contributed by atoms with van der Waals surface area (Å²) in [5, 5.41) is 9.94. The van der Waals surface area contributed by atoms with E-state index in [4.69, 9.17) is 0 Å². The molecule has 116 valence electrons. The van der Waals surface area contributed by atoms with Crippen LogP contribution in [0.15, 0.2) is 35.4 Å². The summed E-state index contributed by atoms with van der Waals surface area (Å²) in [6, 6.07) is 12.1. The van der Waals surface area contributed by atoms with Gasteiger partial charge >= 0.3 is 0 Å². The average Bonchev–Trinajstić information content (AvgIpc) is 2.96. The summed E-state index contributed by atoms with van der Waals surface area (Å²) >= 11 is 1.34. The van der Waals surface area contributed by atoms with Crippen molar-refractivity contribution in [3.05, 3.63) is 52.7 Å². The van der Waals surface area contributed by atoms with E-state index in [9.17, 15) is 10.1 Å². The quantitative estimate of drug-likeness (QED) is 0.814. The molecule has 23 heavy (non-hydrogen) atoms. The molecule has 2 heterocycles. The minimum atomic E-state index is 0.0600. The number of nitriles is 1. The lowest BCUT2D eigenvalue weighted by Crippen LogP contribution is -2.30. The van der Waals surface area contributed by atoms with Crippen LogP contribution in [-0.4, -0.2) is 23.2 Å². The summed E-state index contributed by atoms with van der Waals surface area (Å²) in [7, 11) is 0. The standard InChI is InChI=1S/C18H17N3OS/c1-12-9-13(2)20-18(15(12)10-19)23-11-17(22)21-8-7-14-5-3-4-6-16(14)21/h3-6,9H,7-8,11H2,1-2H3. The molecule has 3 rings (SSSR count). The second-order valence-electron chi connectivity index (χ2n) is 5.59. The minimum Gasteiger partial charge on any atom is -0.311 e. The Morgan fingerprint density at radius 2 is 2.17 bits per heavy atom. The molecule has 1 aromatic heterocycles. The lowest BCUT2D eigenvalue weighted by atomic mass is 10.1. The van der Waals surface area contributed by atoms with E-state index in [1.54, 1.807) is 0 Å². The number of nitrogens with zero attached hydrogens (tertiary/aromatic N) is 3. The Balaban J connectivity index is 1.75. The molecule has 0 unspecified atom stereocenters. The van der Waals surface area contributed by atoms with Gasteiger partial charge in [0.1, 0.15) is 11.1 Å². The largest absolute Gasteiger partial charge is 0.311 e. The van der Waals surface area contributed by atoms with Crippen molar-refractivity contribution in [1.82, 2.24) is 4.98 Å². The van der Waals surface area contributed by atoms with Gasteiger partial charge in [-0.1, -0.05) is 30.0 Å². The van der Waals surface area contributed by atoms with Gasteiger partial charge in [0.25, 0.3) is 0 Å². The molecule has 0 saturated carbocycles. The van der Waals surface area contributed by atoms with Crippen molar-refractivity contribution < 1.29 is 4.79 Å². The van der Waals surface area contributed by atoms with Crippen LogP contribution in [0.5, 0.6) is 0 Å². The summed E-state index contributed by atoms with van der Waals surface area (Å²) in [4.78, 5) is 18.8. The van der Waals surface area contributed by atoms with Crippen molar-refractivity contribution in [3.8, 4) is 6.07 Å². The van der Waals surface area contributed by atoms with E-state index in [1.807, 2.05) is 43.0 Å². The van der Waals surface area contributed by atoms with Crippen molar-refractivity contribution in [1.29, 1.82) is 5.26 Å². The zero-order chi connectivity index (χ0) is 16.4. The molecule has 4 nitrogen and oxygen atoms in total. The highest BCUT2D eigenvalue weighted by molar-refractivity contribution is 8.00. The third kappa shape index (κ3) is 3.08. The Morgan fingerprint density at radius 3 is 2.96 bits per heavy atom. The number of carbonyl (C=O) groups is 1. The third-order valence-electron chi connectivity index (χ3n) is 3.94. The molecule has 0 saturated heterocycles. The molecule has 0 aliphatic carbocycles. The van der Waals surface area contributed by atoms with Crippen molar-refractivity contribution in [3.63, 3.8) is 0 Å². The van der Waals surface area contributed by atoms with Gasteiger partial charge in [-0.05, 0) is 43.5 Å². The molecule has 0 fully saturated rings. The Kier molecular flexibility index (Phi) is 4.35. The predicted molar refractivity (Wildman–Crippen MR) is 91.6 cm³/mol. The fraction of sp³-hybridized carbons (Fsp3) is 0.278. The molecule has 0 N–H and O–H groups in total. The topological polar surface area (TPSA) is 57.0 Å². The second-order valence-corrected chi connectivity index (χ2v) is 6.55. The molecule has 5 heteroatoms. The smallest absolute Gasteiger partial charge is 0.237 e. The number of fused-ring (bicyclic) bond motifs is 1. The SMILES string of the molecule is Cc1cc(C)c(C#N)c(SCC(=O)N2CCc3ccccc32)n1. The number of pyridine rings is 1. The molecule has 1 aliphatic heterocycles. The van der Waals surface area contributed by atoms with Crippen LogP contribution in [0, 0.1) is 25.2 Å². The van der Waals surface area contributed by atoms with E-state index in [0.717, 1.165) is 29.9 Å². The van der Waals surface area contributed by atoms with Gasteiger partial charge in [-0.3, -0.25) is 4.79 Å². The maximum Gasteiger partial charge on any atom is 0.237 e. The summed E-state index contributed by atoms with van der Waals surface area (Å²) < 4.78 is 0. The van der Waals surface area contributed by atoms with Crippen LogP contribution < -0.4 is 4.90 Å². The monoisotopic (exact) mass is 323 g/mol. The lowest BCUT2D eigenvalue weighted by molar-refractivity contribution is -0.116. The first-order valence-electron chi connectivity index (χ1n) is 7.49. The lowest BCUT2D eigenvalue weighted by Gasteiger charge is -2.17. The van der Waals surface area contributed by atoms with Gasteiger partial charge in [-0.25, -0.2) is 4.98 Å². The average molecular weight is 323 g/mol. The zero-order valence-corrected chi connectivity index (χ0v) is 14.0. The van der Waals surface area contributed by atoms with Crippen LogP contribution in [0.3, 0.4) is 0 Å². The van der Waals surface area contributed by atoms with Crippen molar-refractivity contribution in [2.75, 3.05) is 17.2 Å². The van der Waals surface area contributed by atoms with Crippen LogP contribution in [0.1, 0.15) is 22.4 Å². The van der Waals surface area contributed by atoms with Crippen molar-refractivity contribution in [2.24, 2.45) is 0 Å². The number of anilines is 1. The Morgan fingerprint density at radius 1 is 1.39 bits per heavy atom. The highest BCUT2D eigenvalue weighted by atomic mass is 32.2. The molecule has 0 atom stereocenters. The Bertz CT molecular complexity index is 810. The van der Waals surface area contributed by atoms with E-state index in [0.29, 0.717) is 16.3 Å². The summed E-state index contributed by atoms with van der Waals surface area (Å²) in [5.74, 6) is 0.351. The van der Waals surface area contributed by atoms with E-state index in [1.165, 1.54) is 17.3 Å². The number of para-hydroxylation sites is 1. The van der Waals surface area contributed by atoms with Crippen LogP contribution in [-0.2, 0) is 11.2 Å². The first-order valence-corrected chi connectivity index (χ1v) is 8.48. The third-order valence-corrected chi connectivity index (χ3v) is 4.90. The number of hydrogen-bond donors (Lipinski definition) is 0. The van der Waals surface area contributed by atoms with Gasteiger partial charge < -0.3 is 4.90 Å². The summed E-state index contributed by atoms with van der Waals surface area (Å²) in [5.41, 5.74) is 4.56. The second kappa shape index (κ2) is 6.43. The maximum atomic E-state index is 12.5. The number of benzene rings is 1. The number of thioether (sulfide) groups is 1. The van der Waals surface area contributed by atoms with Gasteiger partial charge in [0.05, 0.1) is 11.3 Å². The number of aromatic nitrogens is 1. The molecule has 0 radical (unpaired) electrons. The molecule has 1 aromatic carbocycles. The van der Waals surface area contributed by atoms with E-state index in [-0.39, 0.29) is 5.91 Å². The molecule has 1 amide bonds. The van der Waals surface area contributed by atoms with Crippen LogP contribution in [0.4, 0.5) is 5.69 Å². The van der Waals surface area contributed by atoms with Crippen LogP contribution >= 0.6 is 11.8 Å². The summed E-state index contributed by atoms with van der Waals surface area (Å²) in [6.45, 7) is 4.52. The van der Waals surface area contributed by atoms with Gasteiger partial charge in [-0.2, -0.15) is 5.26 Å². The first kappa shape index (κ1) is 15.6. The minimum absolute atomic E-state index is 0.0600. The molecular formula is C18H17N3OS. The fourth-order valence-electron chi connectivity index (χ4n) is 2.85. The maximum absolute atomic E-state index is 12.5. The van der Waals surface area contributed by atoms with E-state index in [2.05, 4.69) is 17.1 Å². The highest BCUT2D eigenvalue weighted by Gasteiger charge is 2.24. The van der Waals surface area contributed by atoms with Gasteiger partial charge in [0, 0.05) is 17.9 Å². The number of hydrogen-bond acceptors (Lipinski definition) is 4. The predicted octanol–water partition coefficient (Wildman–Crippen LogP) is 3.25. The zero-order valence-electron chi connectivity index (χ0n) is 13.2. The number of carbonyl (C=O) groups excluding carboxylic acids is 1. The van der Waals surface area contributed by atoms with Crippen molar-refractivity contribution in [2.45, 2.75) is 25.3 Å². The molecular weight excluding hydrogens is 306 g/mol.